The lowest BCUT2D eigenvalue weighted by Gasteiger charge is -2.15. The molecule has 2 aromatic carbocycles. The fraction of sp³-hybridized carbons (Fsp3) is 0.0500. The number of pyridine rings is 1. The van der Waals surface area contributed by atoms with Crippen molar-refractivity contribution in [1.29, 1.82) is 0 Å². The van der Waals surface area contributed by atoms with Crippen LogP contribution in [0.1, 0.15) is 28.5 Å². The van der Waals surface area contributed by atoms with E-state index in [1.807, 2.05) is 66.9 Å². The fourth-order valence-electron chi connectivity index (χ4n) is 2.89. The third-order valence-corrected chi connectivity index (χ3v) is 4.06. The van der Waals surface area contributed by atoms with E-state index < -0.39 is 6.10 Å². The van der Waals surface area contributed by atoms with Gasteiger partial charge in [0, 0.05) is 17.3 Å². The first-order valence-corrected chi connectivity index (χ1v) is 7.33. The summed E-state index contributed by atoms with van der Waals surface area (Å²) in [5.41, 5.74) is 5.75. The van der Waals surface area contributed by atoms with Crippen LogP contribution < -0.4 is 0 Å². The van der Waals surface area contributed by atoms with Gasteiger partial charge >= 0.3 is 0 Å². The van der Waals surface area contributed by atoms with E-state index in [1.165, 1.54) is 0 Å². The van der Waals surface area contributed by atoms with Crippen LogP contribution in [0.5, 0.6) is 0 Å². The average Bonchev–Trinajstić information content (AvgIpc) is 2.73. The minimum absolute atomic E-state index is 0.655. The summed E-state index contributed by atoms with van der Waals surface area (Å²) in [5, 5.41) is 10.8. The molecule has 4 rings (SSSR count). The van der Waals surface area contributed by atoms with Gasteiger partial charge < -0.3 is 5.11 Å². The first-order valence-electron chi connectivity index (χ1n) is 7.33. The molecule has 0 bridgehead atoms. The molecule has 3 aromatic rings. The number of nitrogens with zero attached hydrogens (tertiary/aromatic N) is 1. The van der Waals surface area contributed by atoms with E-state index in [-0.39, 0.29) is 0 Å². The van der Waals surface area contributed by atoms with Crippen LogP contribution in [0.2, 0.25) is 0 Å². The maximum atomic E-state index is 10.8. The van der Waals surface area contributed by atoms with E-state index in [0.717, 1.165) is 33.5 Å². The van der Waals surface area contributed by atoms with Gasteiger partial charge in [0.1, 0.15) is 6.10 Å². The second-order valence-corrected chi connectivity index (χ2v) is 5.43. The molecule has 1 aliphatic rings. The minimum Gasteiger partial charge on any atom is -0.384 e. The normalized spacial score (nSPS) is 15.8. The summed E-state index contributed by atoms with van der Waals surface area (Å²) in [4.78, 5) is 4.54. The van der Waals surface area contributed by atoms with Crippen molar-refractivity contribution >= 4 is 12.2 Å². The Labute approximate surface area is 129 Å². The third-order valence-electron chi connectivity index (χ3n) is 4.06. The molecule has 0 radical (unpaired) electrons. The van der Waals surface area contributed by atoms with Crippen molar-refractivity contribution in [3.8, 4) is 11.1 Å². The maximum absolute atomic E-state index is 10.8. The third kappa shape index (κ3) is 2.14. The van der Waals surface area contributed by atoms with Crippen LogP contribution in [0.15, 0.2) is 66.9 Å². The summed E-state index contributed by atoms with van der Waals surface area (Å²) >= 11 is 0. The van der Waals surface area contributed by atoms with Crippen molar-refractivity contribution in [3.63, 3.8) is 0 Å². The van der Waals surface area contributed by atoms with Crippen molar-refractivity contribution < 1.29 is 5.11 Å². The van der Waals surface area contributed by atoms with Crippen LogP contribution >= 0.6 is 0 Å². The van der Waals surface area contributed by atoms with Gasteiger partial charge in [-0.05, 0) is 28.8 Å². The number of hydrogen-bond acceptors (Lipinski definition) is 2. The lowest BCUT2D eigenvalue weighted by atomic mass is 9.96. The Morgan fingerprint density at radius 1 is 0.773 bits per heavy atom. The SMILES string of the molecule is OC1c2ccccc2C=Cc2ncc(-c3ccccc3)cc21. The summed E-state index contributed by atoms with van der Waals surface area (Å²) in [7, 11) is 0. The largest absolute Gasteiger partial charge is 0.384 e. The minimum atomic E-state index is -0.655. The zero-order chi connectivity index (χ0) is 14.9. The van der Waals surface area contributed by atoms with Crippen molar-refractivity contribution in [1.82, 2.24) is 4.98 Å². The first-order chi connectivity index (χ1) is 10.8. The van der Waals surface area contributed by atoms with Crippen LogP contribution in [0.3, 0.4) is 0 Å². The summed E-state index contributed by atoms with van der Waals surface area (Å²) < 4.78 is 0. The van der Waals surface area contributed by atoms with Gasteiger partial charge in [-0.2, -0.15) is 0 Å². The van der Waals surface area contributed by atoms with Gasteiger partial charge in [-0.25, -0.2) is 0 Å². The highest BCUT2D eigenvalue weighted by molar-refractivity contribution is 5.76. The Bertz CT molecular complexity index is 853. The Kier molecular flexibility index (Phi) is 3.10. The molecule has 0 aliphatic heterocycles. The number of aliphatic hydroxyl groups is 1. The molecule has 1 aliphatic carbocycles. The van der Waals surface area contributed by atoms with Gasteiger partial charge in [-0.3, -0.25) is 4.98 Å². The van der Waals surface area contributed by atoms with Gasteiger partial charge in [0.2, 0.25) is 0 Å². The van der Waals surface area contributed by atoms with Crippen LogP contribution in [-0.4, -0.2) is 10.1 Å². The predicted octanol–water partition coefficient (Wildman–Crippen LogP) is 4.31. The van der Waals surface area contributed by atoms with Crippen LogP contribution in [-0.2, 0) is 0 Å². The molecular weight excluding hydrogens is 270 g/mol. The van der Waals surface area contributed by atoms with Crippen LogP contribution in [0.25, 0.3) is 23.3 Å². The highest BCUT2D eigenvalue weighted by Crippen LogP contribution is 2.33. The number of aliphatic hydroxyl groups excluding tert-OH is 1. The maximum Gasteiger partial charge on any atom is 0.107 e. The Morgan fingerprint density at radius 2 is 1.55 bits per heavy atom. The van der Waals surface area contributed by atoms with Crippen molar-refractivity contribution in [2.24, 2.45) is 0 Å². The Balaban J connectivity index is 1.87. The molecule has 2 heteroatoms. The van der Waals surface area contributed by atoms with Crippen molar-refractivity contribution in [2.45, 2.75) is 6.10 Å². The number of hydrogen-bond donors (Lipinski definition) is 1. The molecule has 22 heavy (non-hydrogen) atoms. The molecule has 1 atom stereocenters. The first kappa shape index (κ1) is 13.0. The molecule has 0 fully saturated rings. The predicted molar refractivity (Wildman–Crippen MR) is 89.1 cm³/mol. The number of rotatable bonds is 1. The number of aromatic nitrogens is 1. The summed E-state index contributed by atoms with van der Waals surface area (Å²) in [6.07, 6.45) is 5.19. The fourth-order valence-corrected chi connectivity index (χ4v) is 2.89. The number of benzene rings is 2. The van der Waals surface area contributed by atoms with E-state index in [9.17, 15) is 5.11 Å². The lowest BCUT2D eigenvalue weighted by Crippen LogP contribution is -2.04. The molecule has 1 N–H and O–H groups in total. The molecule has 2 nitrogen and oxygen atoms in total. The zero-order valence-electron chi connectivity index (χ0n) is 12.0. The van der Waals surface area contributed by atoms with Gasteiger partial charge in [0.15, 0.2) is 0 Å². The topological polar surface area (TPSA) is 33.1 Å². The smallest absolute Gasteiger partial charge is 0.107 e. The van der Waals surface area contributed by atoms with Crippen LogP contribution in [0.4, 0.5) is 0 Å². The molecule has 106 valence electrons. The highest BCUT2D eigenvalue weighted by atomic mass is 16.3. The van der Waals surface area contributed by atoms with Gasteiger partial charge in [0.05, 0.1) is 5.69 Å². The Morgan fingerprint density at radius 3 is 2.41 bits per heavy atom. The van der Waals surface area contributed by atoms with Gasteiger partial charge in [0.25, 0.3) is 0 Å². The highest BCUT2D eigenvalue weighted by Gasteiger charge is 2.20. The second-order valence-electron chi connectivity index (χ2n) is 5.43. The molecule has 1 aromatic heterocycles. The molecule has 0 saturated carbocycles. The van der Waals surface area contributed by atoms with Gasteiger partial charge in [-0.15, -0.1) is 0 Å². The summed E-state index contributed by atoms with van der Waals surface area (Å²) in [5.74, 6) is 0. The van der Waals surface area contributed by atoms with E-state index in [1.54, 1.807) is 0 Å². The van der Waals surface area contributed by atoms with E-state index in [2.05, 4.69) is 17.1 Å². The molecule has 1 heterocycles. The second kappa shape index (κ2) is 5.24. The van der Waals surface area contributed by atoms with E-state index in [0.29, 0.717) is 0 Å². The molecule has 0 spiro atoms. The average molecular weight is 285 g/mol. The van der Waals surface area contributed by atoms with E-state index >= 15 is 0 Å². The van der Waals surface area contributed by atoms with Crippen molar-refractivity contribution in [2.75, 3.05) is 0 Å². The molecular formula is C20H15NO. The summed E-state index contributed by atoms with van der Waals surface area (Å²) in [6, 6.07) is 20.1. The molecule has 0 saturated heterocycles. The van der Waals surface area contributed by atoms with Gasteiger partial charge in [-0.1, -0.05) is 60.7 Å². The monoisotopic (exact) mass is 285 g/mol. The summed E-state index contributed by atoms with van der Waals surface area (Å²) in [6.45, 7) is 0. The van der Waals surface area contributed by atoms with Crippen molar-refractivity contribution in [3.05, 3.63) is 89.2 Å². The van der Waals surface area contributed by atoms with Crippen LogP contribution in [0, 0.1) is 0 Å². The standard InChI is InChI=1S/C20H15NO/c22-20-17-9-5-4-8-15(17)10-11-19-18(20)12-16(13-21-19)14-6-2-1-3-7-14/h1-13,20,22H. The lowest BCUT2D eigenvalue weighted by molar-refractivity contribution is 0.219. The number of fused-ring (bicyclic) bond motifs is 2. The quantitative estimate of drug-likeness (QED) is 0.722. The molecule has 1 unspecified atom stereocenters. The Hall–Kier alpha value is -2.71. The van der Waals surface area contributed by atoms with E-state index in [4.69, 9.17) is 0 Å². The molecule has 0 amide bonds. The zero-order valence-corrected chi connectivity index (χ0v) is 12.0.